The predicted octanol–water partition coefficient (Wildman–Crippen LogP) is 3.95. The highest BCUT2D eigenvalue weighted by molar-refractivity contribution is 7.13. The van der Waals surface area contributed by atoms with E-state index in [4.69, 9.17) is 0 Å². The van der Waals surface area contributed by atoms with Gasteiger partial charge in [-0.05, 0) is 49.9 Å². The quantitative estimate of drug-likeness (QED) is 0.891. The summed E-state index contributed by atoms with van der Waals surface area (Å²) >= 11 is 1.51. The number of thiazole rings is 1. The molecule has 0 saturated carbocycles. The van der Waals surface area contributed by atoms with Gasteiger partial charge in [0, 0.05) is 24.8 Å². The van der Waals surface area contributed by atoms with Gasteiger partial charge in [-0.3, -0.25) is 4.79 Å². The number of amides is 1. The van der Waals surface area contributed by atoms with Gasteiger partial charge < -0.3 is 10.2 Å². The van der Waals surface area contributed by atoms with Crippen LogP contribution in [0.25, 0.3) is 0 Å². The van der Waals surface area contributed by atoms with Gasteiger partial charge >= 0.3 is 0 Å². The molecule has 0 spiro atoms. The molecule has 2 aromatic rings. The fourth-order valence-corrected chi connectivity index (χ4v) is 3.89. The second-order valence-corrected chi connectivity index (χ2v) is 7.20. The van der Waals surface area contributed by atoms with Crippen molar-refractivity contribution in [3.8, 4) is 0 Å². The maximum absolute atomic E-state index is 12.9. The van der Waals surface area contributed by atoms with E-state index in [1.165, 1.54) is 23.5 Å². The first kappa shape index (κ1) is 16.9. The SMILES string of the molecule is CCCc1ncc(C(=O)N2CCC(Nc3ccc(F)cc3)CC2)s1. The summed E-state index contributed by atoms with van der Waals surface area (Å²) in [5, 5.41) is 4.45. The summed E-state index contributed by atoms with van der Waals surface area (Å²) in [7, 11) is 0. The standard InChI is InChI=1S/C18H22FN3OS/c1-2-3-17-20-12-16(24-17)18(23)22-10-8-15(9-11-22)21-14-6-4-13(19)5-7-14/h4-7,12,15,21H,2-3,8-11H2,1H3. The van der Waals surface area contributed by atoms with Crippen molar-refractivity contribution in [2.75, 3.05) is 18.4 Å². The van der Waals surface area contributed by atoms with Gasteiger partial charge in [0.05, 0.1) is 11.2 Å². The van der Waals surface area contributed by atoms with Gasteiger partial charge in [0.25, 0.3) is 5.91 Å². The number of carbonyl (C=O) groups excluding carboxylic acids is 1. The molecule has 1 saturated heterocycles. The summed E-state index contributed by atoms with van der Waals surface area (Å²) in [4.78, 5) is 19.5. The second kappa shape index (κ2) is 7.75. The van der Waals surface area contributed by atoms with Gasteiger partial charge in [-0.25, -0.2) is 9.37 Å². The summed E-state index contributed by atoms with van der Waals surface area (Å²) < 4.78 is 12.9. The van der Waals surface area contributed by atoms with Crippen molar-refractivity contribution in [2.24, 2.45) is 0 Å². The number of benzene rings is 1. The van der Waals surface area contributed by atoms with Crippen LogP contribution in [0.15, 0.2) is 30.5 Å². The lowest BCUT2D eigenvalue weighted by Crippen LogP contribution is -2.42. The molecular weight excluding hydrogens is 325 g/mol. The first-order valence-electron chi connectivity index (χ1n) is 8.42. The van der Waals surface area contributed by atoms with Crippen LogP contribution >= 0.6 is 11.3 Å². The molecule has 1 aliphatic heterocycles. The minimum absolute atomic E-state index is 0.0927. The molecule has 1 fully saturated rings. The van der Waals surface area contributed by atoms with Gasteiger partial charge in [0.2, 0.25) is 0 Å². The zero-order chi connectivity index (χ0) is 16.9. The zero-order valence-corrected chi connectivity index (χ0v) is 14.6. The molecule has 6 heteroatoms. The Bertz CT molecular complexity index is 678. The smallest absolute Gasteiger partial charge is 0.265 e. The second-order valence-electron chi connectivity index (χ2n) is 6.09. The molecule has 1 N–H and O–H groups in total. The average Bonchev–Trinajstić information content (AvgIpc) is 3.06. The molecule has 128 valence electrons. The predicted molar refractivity (Wildman–Crippen MR) is 95.1 cm³/mol. The molecule has 2 heterocycles. The van der Waals surface area contributed by atoms with E-state index in [2.05, 4.69) is 17.2 Å². The van der Waals surface area contributed by atoms with Crippen LogP contribution in [0.1, 0.15) is 40.9 Å². The van der Waals surface area contributed by atoms with Crippen molar-refractivity contribution >= 4 is 22.9 Å². The van der Waals surface area contributed by atoms with Crippen LogP contribution in [0.2, 0.25) is 0 Å². The lowest BCUT2D eigenvalue weighted by molar-refractivity contribution is 0.0723. The first-order valence-corrected chi connectivity index (χ1v) is 9.23. The Labute approximate surface area is 145 Å². The number of carbonyl (C=O) groups is 1. The molecule has 24 heavy (non-hydrogen) atoms. The highest BCUT2D eigenvalue weighted by Gasteiger charge is 2.24. The van der Waals surface area contributed by atoms with E-state index in [1.54, 1.807) is 18.3 Å². The van der Waals surface area contributed by atoms with E-state index in [0.29, 0.717) is 6.04 Å². The van der Waals surface area contributed by atoms with E-state index in [9.17, 15) is 9.18 Å². The Balaban J connectivity index is 1.52. The molecule has 1 aromatic carbocycles. The highest BCUT2D eigenvalue weighted by Crippen LogP contribution is 2.21. The van der Waals surface area contributed by atoms with Crippen molar-refractivity contribution in [3.63, 3.8) is 0 Å². The highest BCUT2D eigenvalue weighted by atomic mass is 32.1. The molecule has 0 aliphatic carbocycles. The van der Waals surface area contributed by atoms with E-state index in [1.807, 2.05) is 4.90 Å². The molecule has 0 radical (unpaired) electrons. The maximum Gasteiger partial charge on any atom is 0.265 e. The number of hydrogen-bond acceptors (Lipinski definition) is 4. The van der Waals surface area contributed by atoms with E-state index in [-0.39, 0.29) is 11.7 Å². The van der Waals surface area contributed by atoms with Crippen LogP contribution in [-0.2, 0) is 6.42 Å². The van der Waals surface area contributed by atoms with Crippen molar-refractivity contribution in [2.45, 2.75) is 38.6 Å². The molecule has 1 amide bonds. The fourth-order valence-electron chi connectivity index (χ4n) is 2.90. The summed E-state index contributed by atoms with van der Waals surface area (Å²) in [6.45, 7) is 3.58. The maximum atomic E-state index is 12.9. The van der Waals surface area contributed by atoms with Crippen LogP contribution in [-0.4, -0.2) is 34.9 Å². The Kier molecular flexibility index (Phi) is 5.45. The number of aryl methyl sites for hydroxylation is 1. The number of likely N-dealkylation sites (tertiary alicyclic amines) is 1. The average molecular weight is 347 g/mol. The lowest BCUT2D eigenvalue weighted by atomic mass is 10.0. The van der Waals surface area contributed by atoms with E-state index < -0.39 is 0 Å². The number of anilines is 1. The number of hydrogen-bond donors (Lipinski definition) is 1. The number of piperidine rings is 1. The summed E-state index contributed by atoms with van der Waals surface area (Å²) in [6.07, 6.45) is 5.47. The van der Waals surface area contributed by atoms with Gasteiger partial charge in [0.15, 0.2) is 0 Å². The number of nitrogens with zero attached hydrogens (tertiary/aromatic N) is 2. The van der Waals surface area contributed by atoms with Crippen LogP contribution in [0.3, 0.4) is 0 Å². The fraction of sp³-hybridized carbons (Fsp3) is 0.444. The monoisotopic (exact) mass is 347 g/mol. The Hall–Kier alpha value is -1.95. The van der Waals surface area contributed by atoms with Gasteiger partial charge in [-0.1, -0.05) is 6.92 Å². The third kappa shape index (κ3) is 4.12. The Morgan fingerprint density at radius 2 is 2.04 bits per heavy atom. The summed E-state index contributed by atoms with van der Waals surface area (Å²) in [5.74, 6) is -0.136. The molecule has 0 atom stereocenters. The van der Waals surface area contributed by atoms with Crippen molar-refractivity contribution in [3.05, 3.63) is 46.2 Å². The molecule has 1 aliphatic rings. The molecular formula is C18H22FN3OS. The number of halogens is 1. The van der Waals surface area contributed by atoms with Gasteiger partial charge in [-0.2, -0.15) is 0 Å². The number of nitrogens with one attached hydrogen (secondary N) is 1. The summed E-state index contributed by atoms with van der Waals surface area (Å²) in [5.41, 5.74) is 0.924. The molecule has 1 aromatic heterocycles. The van der Waals surface area contributed by atoms with Crippen LogP contribution < -0.4 is 5.32 Å². The van der Waals surface area contributed by atoms with Crippen LogP contribution in [0.4, 0.5) is 10.1 Å². The molecule has 3 rings (SSSR count). The normalized spacial score (nSPS) is 15.5. The van der Waals surface area contributed by atoms with Crippen LogP contribution in [0.5, 0.6) is 0 Å². The Morgan fingerprint density at radius 1 is 1.33 bits per heavy atom. The van der Waals surface area contributed by atoms with Crippen molar-refractivity contribution < 1.29 is 9.18 Å². The number of aromatic nitrogens is 1. The van der Waals surface area contributed by atoms with Crippen molar-refractivity contribution in [1.82, 2.24) is 9.88 Å². The minimum atomic E-state index is -0.229. The van der Waals surface area contributed by atoms with E-state index in [0.717, 1.165) is 54.3 Å². The Morgan fingerprint density at radius 3 is 2.71 bits per heavy atom. The van der Waals surface area contributed by atoms with E-state index >= 15 is 0 Å². The van der Waals surface area contributed by atoms with Gasteiger partial charge in [0.1, 0.15) is 10.7 Å². The minimum Gasteiger partial charge on any atom is -0.382 e. The molecule has 0 bridgehead atoms. The zero-order valence-electron chi connectivity index (χ0n) is 13.8. The third-order valence-electron chi connectivity index (χ3n) is 4.23. The lowest BCUT2D eigenvalue weighted by Gasteiger charge is -2.32. The third-order valence-corrected chi connectivity index (χ3v) is 5.27. The van der Waals surface area contributed by atoms with Crippen molar-refractivity contribution in [1.29, 1.82) is 0 Å². The van der Waals surface area contributed by atoms with Gasteiger partial charge in [-0.15, -0.1) is 11.3 Å². The largest absolute Gasteiger partial charge is 0.382 e. The molecule has 0 unspecified atom stereocenters. The topological polar surface area (TPSA) is 45.2 Å². The number of rotatable bonds is 5. The molecule has 4 nitrogen and oxygen atoms in total. The van der Waals surface area contributed by atoms with Crippen LogP contribution in [0, 0.1) is 5.82 Å². The first-order chi connectivity index (χ1) is 11.7. The summed E-state index contributed by atoms with van der Waals surface area (Å²) in [6, 6.07) is 6.73.